The fraction of sp³-hybridized carbons (Fsp3) is 1.00. The second-order valence-electron chi connectivity index (χ2n) is 5.11. The summed E-state index contributed by atoms with van der Waals surface area (Å²) in [7, 11) is 0. The largest absolute Gasteiger partial charge is 0.381 e. The van der Waals surface area contributed by atoms with Gasteiger partial charge in [-0.15, -0.1) is 0 Å². The van der Waals surface area contributed by atoms with Gasteiger partial charge in [-0.05, 0) is 45.1 Å². The number of ether oxygens (including phenoxy) is 2. The summed E-state index contributed by atoms with van der Waals surface area (Å²) in [6.07, 6.45) is 4.74. The van der Waals surface area contributed by atoms with Gasteiger partial charge in [-0.2, -0.15) is 0 Å². The molecule has 0 aromatic carbocycles. The minimum atomic E-state index is 0.316. The van der Waals surface area contributed by atoms with Crippen molar-refractivity contribution in [3.8, 4) is 0 Å². The molecule has 0 atom stereocenters. The lowest BCUT2D eigenvalue weighted by Crippen LogP contribution is -2.48. The molecule has 2 rings (SSSR count). The van der Waals surface area contributed by atoms with E-state index in [-0.39, 0.29) is 0 Å². The van der Waals surface area contributed by atoms with E-state index in [0.717, 1.165) is 51.7 Å². The Hall–Kier alpha value is -0.120. The highest BCUT2D eigenvalue weighted by molar-refractivity contribution is 4.86. The molecule has 0 aromatic rings. The van der Waals surface area contributed by atoms with Gasteiger partial charge >= 0.3 is 0 Å². The Bertz CT molecular complexity index is 184. The third kappa shape index (κ3) is 3.44. The van der Waals surface area contributed by atoms with Gasteiger partial charge in [-0.3, -0.25) is 0 Å². The lowest BCUT2D eigenvalue weighted by molar-refractivity contribution is 0.0345. The van der Waals surface area contributed by atoms with Crippen LogP contribution in [-0.4, -0.2) is 38.5 Å². The average molecular weight is 213 g/mol. The first-order valence-electron chi connectivity index (χ1n) is 6.19. The zero-order valence-corrected chi connectivity index (χ0v) is 9.76. The number of rotatable bonds is 3. The average Bonchev–Trinajstić information content (AvgIpc) is 2.29. The van der Waals surface area contributed by atoms with E-state index in [9.17, 15) is 0 Å². The fourth-order valence-corrected chi connectivity index (χ4v) is 2.34. The fourth-order valence-electron chi connectivity index (χ4n) is 2.34. The van der Waals surface area contributed by atoms with Crippen molar-refractivity contribution in [1.29, 1.82) is 0 Å². The van der Waals surface area contributed by atoms with E-state index in [4.69, 9.17) is 9.47 Å². The van der Waals surface area contributed by atoms with E-state index < -0.39 is 0 Å². The van der Waals surface area contributed by atoms with E-state index in [1.165, 1.54) is 12.8 Å². The van der Waals surface area contributed by atoms with Crippen LogP contribution < -0.4 is 5.32 Å². The Labute approximate surface area is 92.5 Å². The third-order valence-corrected chi connectivity index (χ3v) is 3.75. The van der Waals surface area contributed by atoms with Crippen LogP contribution in [0, 0.1) is 5.92 Å². The second kappa shape index (κ2) is 5.28. The van der Waals surface area contributed by atoms with Gasteiger partial charge in [-0.1, -0.05) is 0 Å². The number of hydrogen-bond acceptors (Lipinski definition) is 3. The van der Waals surface area contributed by atoms with Crippen LogP contribution in [-0.2, 0) is 9.47 Å². The molecule has 2 fully saturated rings. The SMILES string of the molecule is CC1(NCC2CCOCC2)CCOCC1. The molecule has 0 unspecified atom stereocenters. The Morgan fingerprint density at radius 3 is 2.33 bits per heavy atom. The van der Waals surface area contributed by atoms with Crippen molar-refractivity contribution in [2.24, 2.45) is 5.92 Å². The molecular formula is C12H23NO2. The smallest absolute Gasteiger partial charge is 0.0483 e. The topological polar surface area (TPSA) is 30.5 Å². The zero-order valence-electron chi connectivity index (χ0n) is 9.76. The molecule has 0 bridgehead atoms. The molecule has 0 spiro atoms. The van der Waals surface area contributed by atoms with Gasteiger partial charge in [0, 0.05) is 32.0 Å². The summed E-state index contributed by atoms with van der Waals surface area (Å²) >= 11 is 0. The molecule has 2 aliphatic rings. The van der Waals surface area contributed by atoms with Gasteiger partial charge < -0.3 is 14.8 Å². The minimum absolute atomic E-state index is 0.316. The normalized spacial score (nSPS) is 27.8. The highest BCUT2D eigenvalue weighted by atomic mass is 16.5. The van der Waals surface area contributed by atoms with E-state index in [1.54, 1.807) is 0 Å². The lowest BCUT2D eigenvalue weighted by Gasteiger charge is -2.36. The molecule has 0 radical (unpaired) electrons. The predicted octanol–water partition coefficient (Wildman–Crippen LogP) is 1.57. The Morgan fingerprint density at radius 1 is 1.07 bits per heavy atom. The Balaban J connectivity index is 1.70. The van der Waals surface area contributed by atoms with Gasteiger partial charge in [0.15, 0.2) is 0 Å². The highest BCUT2D eigenvalue weighted by Gasteiger charge is 2.27. The molecule has 0 aromatic heterocycles. The molecule has 2 saturated heterocycles. The van der Waals surface area contributed by atoms with Gasteiger partial charge in [0.25, 0.3) is 0 Å². The molecule has 2 heterocycles. The lowest BCUT2D eigenvalue weighted by atomic mass is 9.91. The molecule has 3 heteroatoms. The third-order valence-electron chi connectivity index (χ3n) is 3.75. The Morgan fingerprint density at radius 2 is 1.67 bits per heavy atom. The van der Waals surface area contributed by atoms with Crippen LogP contribution in [0.4, 0.5) is 0 Å². The summed E-state index contributed by atoms with van der Waals surface area (Å²) in [6, 6.07) is 0. The molecule has 0 amide bonds. The van der Waals surface area contributed by atoms with Crippen molar-refractivity contribution in [3.63, 3.8) is 0 Å². The molecule has 88 valence electrons. The van der Waals surface area contributed by atoms with Gasteiger partial charge in [0.2, 0.25) is 0 Å². The van der Waals surface area contributed by atoms with E-state index in [1.807, 2.05) is 0 Å². The summed E-state index contributed by atoms with van der Waals surface area (Å²) in [5.74, 6) is 0.818. The summed E-state index contributed by atoms with van der Waals surface area (Å²) in [5, 5.41) is 3.73. The second-order valence-corrected chi connectivity index (χ2v) is 5.11. The monoisotopic (exact) mass is 213 g/mol. The minimum Gasteiger partial charge on any atom is -0.381 e. The first-order valence-corrected chi connectivity index (χ1v) is 6.19. The van der Waals surface area contributed by atoms with Gasteiger partial charge in [0.1, 0.15) is 0 Å². The summed E-state index contributed by atoms with van der Waals surface area (Å²) in [6.45, 7) is 7.21. The molecule has 0 aliphatic carbocycles. The van der Waals surface area contributed by atoms with Crippen molar-refractivity contribution < 1.29 is 9.47 Å². The summed E-state index contributed by atoms with van der Waals surface area (Å²) in [5.41, 5.74) is 0.316. The van der Waals surface area contributed by atoms with Crippen molar-refractivity contribution in [3.05, 3.63) is 0 Å². The molecule has 2 aliphatic heterocycles. The van der Waals surface area contributed by atoms with Crippen LogP contribution in [0.5, 0.6) is 0 Å². The molecule has 1 N–H and O–H groups in total. The number of nitrogens with one attached hydrogen (secondary N) is 1. The van der Waals surface area contributed by atoms with Crippen LogP contribution in [0.2, 0.25) is 0 Å². The van der Waals surface area contributed by atoms with E-state index in [2.05, 4.69) is 12.2 Å². The van der Waals surface area contributed by atoms with E-state index >= 15 is 0 Å². The molecule has 0 saturated carbocycles. The van der Waals surface area contributed by atoms with Crippen molar-refractivity contribution in [1.82, 2.24) is 5.32 Å². The standard InChI is InChI=1S/C12H23NO2/c1-12(4-8-15-9-5-12)13-10-11-2-6-14-7-3-11/h11,13H,2-10H2,1H3. The van der Waals surface area contributed by atoms with Crippen molar-refractivity contribution in [2.45, 2.75) is 38.1 Å². The van der Waals surface area contributed by atoms with Gasteiger partial charge in [0.05, 0.1) is 0 Å². The summed E-state index contributed by atoms with van der Waals surface area (Å²) < 4.78 is 10.8. The quantitative estimate of drug-likeness (QED) is 0.772. The van der Waals surface area contributed by atoms with Crippen LogP contribution >= 0.6 is 0 Å². The first kappa shape index (κ1) is 11.4. The van der Waals surface area contributed by atoms with Crippen LogP contribution in [0.15, 0.2) is 0 Å². The highest BCUT2D eigenvalue weighted by Crippen LogP contribution is 2.21. The van der Waals surface area contributed by atoms with Crippen LogP contribution in [0.25, 0.3) is 0 Å². The predicted molar refractivity (Wildman–Crippen MR) is 60.0 cm³/mol. The molecule has 3 nitrogen and oxygen atoms in total. The van der Waals surface area contributed by atoms with Gasteiger partial charge in [-0.25, -0.2) is 0 Å². The zero-order chi connectivity index (χ0) is 10.6. The van der Waals surface area contributed by atoms with Crippen molar-refractivity contribution in [2.75, 3.05) is 33.0 Å². The van der Waals surface area contributed by atoms with Crippen molar-refractivity contribution >= 4 is 0 Å². The molecule has 15 heavy (non-hydrogen) atoms. The summed E-state index contributed by atoms with van der Waals surface area (Å²) in [4.78, 5) is 0. The Kier molecular flexibility index (Phi) is 4.00. The van der Waals surface area contributed by atoms with E-state index in [0.29, 0.717) is 5.54 Å². The first-order chi connectivity index (χ1) is 7.29. The van der Waals surface area contributed by atoms with Crippen LogP contribution in [0.3, 0.4) is 0 Å². The maximum Gasteiger partial charge on any atom is 0.0483 e. The van der Waals surface area contributed by atoms with Crippen LogP contribution in [0.1, 0.15) is 32.6 Å². The molecular weight excluding hydrogens is 190 g/mol. The maximum atomic E-state index is 5.40. The number of hydrogen-bond donors (Lipinski definition) is 1. The maximum absolute atomic E-state index is 5.40.